The Morgan fingerprint density at radius 3 is 2.29 bits per heavy atom. The van der Waals surface area contributed by atoms with Crippen LogP contribution in [0.25, 0.3) is 0 Å². The minimum absolute atomic E-state index is 0.0631. The van der Waals surface area contributed by atoms with Gasteiger partial charge in [0.2, 0.25) is 0 Å². The van der Waals surface area contributed by atoms with Crippen molar-refractivity contribution in [2.75, 3.05) is 38.5 Å². The van der Waals surface area contributed by atoms with Gasteiger partial charge in [0.15, 0.2) is 0 Å². The Kier molecular flexibility index (Phi) is 10.0. The van der Waals surface area contributed by atoms with E-state index >= 15 is 0 Å². The highest BCUT2D eigenvalue weighted by Crippen LogP contribution is 2.32. The molecule has 0 spiro atoms. The summed E-state index contributed by atoms with van der Waals surface area (Å²) >= 11 is 0. The lowest BCUT2D eigenvalue weighted by molar-refractivity contribution is -0.275. The number of nitrogen functional groups attached to an aromatic ring is 1. The highest BCUT2D eigenvalue weighted by atomic mass is 19.4. The maximum atomic E-state index is 12.7. The number of nitrogens with zero attached hydrogens (tertiary/aromatic N) is 1. The van der Waals surface area contributed by atoms with Crippen molar-refractivity contribution in [2.45, 2.75) is 46.2 Å². The summed E-state index contributed by atoms with van der Waals surface area (Å²) in [6, 6.07) is 2.34. The number of piperazine rings is 1. The predicted octanol–water partition coefficient (Wildman–Crippen LogP) is 2.71. The summed E-state index contributed by atoms with van der Waals surface area (Å²) in [6.07, 6.45) is -4.86. The topological polar surface area (TPSA) is 103 Å². The first-order valence-electron chi connectivity index (χ1n) is 9.76. The Labute approximate surface area is 179 Å². The Hall–Kier alpha value is -2.53. The lowest BCUT2D eigenvalue weighted by Gasteiger charge is -2.28. The molecular formula is C20H30F3N3O5. The summed E-state index contributed by atoms with van der Waals surface area (Å²) in [5.74, 6) is -1.21. The number of hydrogen-bond donors (Lipinski definition) is 2. The van der Waals surface area contributed by atoms with E-state index in [1.165, 1.54) is 6.07 Å². The van der Waals surface area contributed by atoms with Crippen molar-refractivity contribution in [3.05, 3.63) is 23.3 Å². The lowest BCUT2D eigenvalue weighted by Crippen LogP contribution is -2.43. The normalized spacial score (nSPS) is 14.8. The second kappa shape index (κ2) is 11.8. The molecule has 0 saturated carbocycles. The third-order valence-electron chi connectivity index (χ3n) is 3.96. The van der Waals surface area contributed by atoms with Gasteiger partial charge in [0.05, 0.1) is 12.2 Å². The number of nitrogens with one attached hydrogen (secondary N) is 1. The van der Waals surface area contributed by atoms with E-state index in [0.717, 1.165) is 19.2 Å². The van der Waals surface area contributed by atoms with Crippen LogP contribution < -0.4 is 15.8 Å². The molecule has 11 heteroatoms. The van der Waals surface area contributed by atoms with Gasteiger partial charge in [-0.2, -0.15) is 0 Å². The minimum atomic E-state index is -4.86. The van der Waals surface area contributed by atoms with Crippen molar-refractivity contribution >= 4 is 18.1 Å². The smallest absolute Gasteiger partial charge is 0.462 e. The molecule has 1 aliphatic rings. The van der Waals surface area contributed by atoms with E-state index in [-0.39, 0.29) is 35.6 Å². The number of rotatable bonds is 6. The standard InChI is InChI=1S/C15H20F3N3O3.C5H10O2/c1-2-23-14(22)11-8-13(24-15(16,17)18)10(7-12(11)19)9-21-5-3-20-4-6-21;1-5(2,3)7-4-6/h7-8,20H,2-6,9,19H2,1H3;4H,1-3H3. The van der Waals surface area contributed by atoms with E-state index in [9.17, 15) is 22.8 Å². The van der Waals surface area contributed by atoms with Crippen LogP contribution in [0.1, 0.15) is 43.6 Å². The summed E-state index contributed by atoms with van der Waals surface area (Å²) in [4.78, 5) is 23.4. The third-order valence-corrected chi connectivity index (χ3v) is 3.96. The third kappa shape index (κ3) is 10.4. The highest BCUT2D eigenvalue weighted by molar-refractivity contribution is 5.95. The van der Waals surface area contributed by atoms with Gasteiger partial charge in [0.25, 0.3) is 6.47 Å². The Balaban J connectivity index is 0.000000592. The number of halogens is 3. The van der Waals surface area contributed by atoms with Gasteiger partial charge in [0.1, 0.15) is 11.4 Å². The van der Waals surface area contributed by atoms with Crippen LogP contribution in [0.15, 0.2) is 12.1 Å². The fourth-order valence-corrected chi connectivity index (χ4v) is 2.63. The number of carbonyl (C=O) groups excluding carboxylic acids is 2. The maximum absolute atomic E-state index is 12.7. The lowest BCUT2D eigenvalue weighted by atomic mass is 10.1. The molecule has 1 saturated heterocycles. The van der Waals surface area contributed by atoms with Gasteiger partial charge < -0.3 is 25.3 Å². The van der Waals surface area contributed by atoms with Gasteiger partial charge in [-0.3, -0.25) is 9.69 Å². The van der Waals surface area contributed by atoms with Gasteiger partial charge in [-0.05, 0) is 39.8 Å². The zero-order chi connectivity index (χ0) is 23.7. The zero-order valence-electron chi connectivity index (χ0n) is 18.2. The van der Waals surface area contributed by atoms with Crippen LogP contribution in [-0.4, -0.2) is 62.1 Å². The van der Waals surface area contributed by atoms with Crippen LogP contribution in [-0.2, 0) is 20.8 Å². The van der Waals surface area contributed by atoms with Crippen molar-refractivity contribution in [1.29, 1.82) is 0 Å². The molecule has 0 aromatic heterocycles. The number of ether oxygens (including phenoxy) is 3. The molecule has 0 unspecified atom stereocenters. The molecule has 2 rings (SSSR count). The van der Waals surface area contributed by atoms with Crippen LogP contribution in [0.4, 0.5) is 18.9 Å². The minimum Gasteiger partial charge on any atom is -0.462 e. The maximum Gasteiger partial charge on any atom is 0.573 e. The van der Waals surface area contributed by atoms with Gasteiger partial charge in [0, 0.05) is 44.0 Å². The molecule has 176 valence electrons. The van der Waals surface area contributed by atoms with E-state index in [2.05, 4.69) is 14.8 Å². The van der Waals surface area contributed by atoms with E-state index in [1.807, 2.05) is 25.7 Å². The molecular weight excluding hydrogens is 419 g/mol. The van der Waals surface area contributed by atoms with Crippen LogP contribution in [0.3, 0.4) is 0 Å². The molecule has 8 nitrogen and oxygen atoms in total. The molecule has 1 heterocycles. The monoisotopic (exact) mass is 449 g/mol. The second-order valence-electron chi connectivity index (χ2n) is 7.67. The fourth-order valence-electron chi connectivity index (χ4n) is 2.63. The number of anilines is 1. The average Bonchev–Trinajstić information content (AvgIpc) is 2.63. The predicted molar refractivity (Wildman–Crippen MR) is 109 cm³/mol. The second-order valence-corrected chi connectivity index (χ2v) is 7.67. The Morgan fingerprint density at radius 2 is 1.84 bits per heavy atom. The number of carbonyl (C=O) groups is 2. The first-order chi connectivity index (χ1) is 14.4. The van der Waals surface area contributed by atoms with Gasteiger partial charge >= 0.3 is 12.3 Å². The molecule has 0 amide bonds. The number of nitrogens with two attached hydrogens (primary N) is 1. The van der Waals surface area contributed by atoms with Crippen LogP contribution in [0.2, 0.25) is 0 Å². The van der Waals surface area contributed by atoms with Crippen LogP contribution >= 0.6 is 0 Å². The van der Waals surface area contributed by atoms with Crippen molar-refractivity contribution < 1.29 is 37.0 Å². The molecule has 31 heavy (non-hydrogen) atoms. The molecule has 0 aliphatic carbocycles. The van der Waals surface area contributed by atoms with E-state index in [1.54, 1.807) is 6.92 Å². The number of alkyl halides is 3. The zero-order valence-corrected chi connectivity index (χ0v) is 18.2. The molecule has 0 radical (unpaired) electrons. The van der Waals surface area contributed by atoms with Gasteiger partial charge in [-0.1, -0.05) is 0 Å². The van der Waals surface area contributed by atoms with E-state index in [0.29, 0.717) is 19.6 Å². The molecule has 0 atom stereocenters. The van der Waals surface area contributed by atoms with Crippen LogP contribution in [0.5, 0.6) is 5.75 Å². The van der Waals surface area contributed by atoms with Crippen molar-refractivity contribution in [2.24, 2.45) is 0 Å². The number of hydrogen-bond acceptors (Lipinski definition) is 8. The Bertz CT molecular complexity index is 730. The summed E-state index contributed by atoms with van der Waals surface area (Å²) < 4.78 is 51.5. The quantitative estimate of drug-likeness (QED) is 0.388. The number of benzene rings is 1. The molecule has 0 bridgehead atoms. The molecule has 1 aromatic rings. The van der Waals surface area contributed by atoms with Crippen molar-refractivity contribution in [3.8, 4) is 5.75 Å². The summed E-state index contributed by atoms with van der Waals surface area (Å²) in [6.45, 7) is 10.8. The first-order valence-corrected chi connectivity index (χ1v) is 9.76. The Morgan fingerprint density at radius 1 is 1.23 bits per heavy atom. The average molecular weight is 449 g/mol. The van der Waals surface area contributed by atoms with Gasteiger partial charge in [-0.25, -0.2) is 4.79 Å². The first kappa shape index (κ1) is 26.5. The van der Waals surface area contributed by atoms with Gasteiger partial charge in [-0.15, -0.1) is 13.2 Å². The summed E-state index contributed by atoms with van der Waals surface area (Å²) in [7, 11) is 0. The summed E-state index contributed by atoms with van der Waals surface area (Å²) in [5, 5.41) is 3.16. The molecule has 1 aliphatic heterocycles. The molecule has 1 fully saturated rings. The largest absolute Gasteiger partial charge is 0.573 e. The van der Waals surface area contributed by atoms with Crippen molar-refractivity contribution in [3.63, 3.8) is 0 Å². The fraction of sp³-hybridized carbons (Fsp3) is 0.600. The van der Waals surface area contributed by atoms with E-state index in [4.69, 9.17) is 10.5 Å². The van der Waals surface area contributed by atoms with Crippen LogP contribution in [0, 0.1) is 0 Å². The highest BCUT2D eigenvalue weighted by Gasteiger charge is 2.33. The molecule has 1 aromatic carbocycles. The number of esters is 1. The van der Waals surface area contributed by atoms with Crippen molar-refractivity contribution in [1.82, 2.24) is 10.2 Å². The summed E-state index contributed by atoms with van der Waals surface area (Å²) in [5.41, 5.74) is 5.71. The molecule has 3 N–H and O–H groups in total. The SMILES string of the molecule is CC(C)(C)OC=O.CCOC(=O)c1cc(OC(F)(F)F)c(CN2CCNCC2)cc1N. The van der Waals surface area contributed by atoms with E-state index < -0.39 is 18.1 Å².